The molecule has 0 radical (unpaired) electrons. The minimum absolute atomic E-state index is 0.902. The van der Waals surface area contributed by atoms with Gasteiger partial charge < -0.3 is 5.43 Å². The molecule has 1 heterocycles. The molecule has 0 bridgehead atoms. The molecule has 3 rings (SSSR count). The number of nitrogens with one attached hydrogen (secondary N) is 1. The molecular formula is C16H16BrN3. The van der Waals surface area contributed by atoms with Crippen molar-refractivity contribution in [1.82, 2.24) is 4.98 Å². The van der Waals surface area contributed by atoms with Crippen molar-refractivity contribution in [2.45, 2.75) is 20.3 Å². The number of hydrazine groups is 1. The van der Waals surface area contributed by atoms with Gasteiger partial charge in [0.1, 0.15) is 0 Å². The highest BCUT2D eigenvalue weighted by Crippen LogP contribution is 2.36. The summed E-state index contributed by atoms with van der Waals surface area (Å²) in [5.74, 6) is 5.76. The predicted octanol–water partition coefficient (Wildman–Crippen LogP) is 4.31. The van der Waals surface area contributed by atoms with Gasteiger partial charge in [-0.15, -0.1) is 0 Å². The number of nitrogens with zero attached hydrogens (tertiary/aromatic N) is 1. The highest BCUT2D eigenvalue weighted by molar-refractivity contribution is 9.10. The molecule has 4 heteroatoms. The van der Waals surface area contributed by atoms with Gasteiger partial charge in [0.25, 0.3) is 0 Å². The van der Waals surface area contributed by atoms with Gasteiger partial charge in [-0.2, -0.15) is 0 Å². The van der Waals surface area contributed by atoms with Crippen molar-refractivity contribution in [3.8, 4) is 0 Å². The Morgan fingerprint density at radius 2 is 1.90 bits per heavy atom. The van der Waals surface area contributed by atoms with Crippen molar-refractivity contribution in [2.75, 3.05) is 5.43 Å². The number of nitrogen functional groups attached to an aromatic ring is 1. The van der Waals surface area contributed by atoms with Crippen molar-refractivity contribution >= 4 is 43.3 Å². The molecule has 0 spiro atoms. The third kappa shape index (κ3) is 1.87. The second kappa shape index (κ2) is 5.04. The van der Waals surface area contributed by atoms with Crippen LogP contribution in [0.1, 0.15) is 18.2 Å². The van der Waals surface area contributed by atoms with E-state index in [0.717, 1.165) is 38.6 Å². The fourth-order valence-electron chi connectivity index (χ4n) is 2.80. The zero-order chi connectivity index (χ0) is 14.3. The highest BCUT2D eigenvalue weighted by atomic mass is 79.9. The normalized spacial score (nSPS) is 11.2. The summed E-state index contributed by atoms with van der Waals surface area (Å²) >= 11 is 3.65. The summed E-state index contributed by atoms with van der Waals surface area (Å²) in [5.41, 5.74) is 7.02. The van der Waals surface area contributed by atoms with Crippen LogP contribution in [0.4, 0.5) is 5.69 Å². The molecule has 0 aliphatic carbocycles. The minimum Gasteiger partial charge on any atom is -0.323 e. The maximum atomic E-state index is 5.76. The van der Waals surface area contributed by atoms with E-state index in [0.29, 0.717) is 0 Å². The topological polar surface area (TPSA) is 50.9 Å². The predicted molar refractivity (Wildman–Crippen MR) is 88.9 cm³/mol. The summed E-state index contributed by atoms with van der Waals surface area (Å²) in [4.78, 5) is 4.81. The van der Waals surface area contributed by atoms with E-state index < -0.39 is 0 Å². The Labute approximate surface area is 126 Å². The van der Waals surface area contributed by atoms with Gasteiger partial charge in [-0.25, -0.2) is 0 Å². The Kier molecular flexibility index (Phi) is 3.36. The Morgan fingerprint density at radius 1 is 1.20 bits per heavy atom. The SMILES string of the molecule is CCc1c(C)nc2c(cc(Br)c3ccccc32)c1NN. The third-order valence-corrected chi connectivity index (χ3v) is 4.41. The number of aromatic nitrogens is 1. The minimum atomic E-state index is 0.902. The highest BCUT2D eigenvalue weighted by Gasteiger charge is 2.14. The first kappa shape index (κ1) is 13.3. The van der Waals surface area contributed by atoms with Crippen LogP contribution >= 0.6 is 15.9 Å². The zero-order valence-corrected chi connectivity index (χ0v) is 13.1. The van der Waals surface area contributed by atoms with Crippen molar-refractivity contribution < 1.29 is 0 Å². The summed E-state index contributed by atoms with van der Waals surface area (Å²) in [5, 5.41) is 3.36. The van der Waals surface area contributed by atoms with E-state index in [9.17, 15) is 0 Å². The Morgan fingerprint density at radius 3 is 2.55 bits per heavy atom. The number of aryl methyl sites for hydroxylation is 1. The lowest BCUT2D eigenvalue weighted by Gasteiger charge is -2.15. The van der Waals surface area contributed by atoms with E-state index in [4.69, 9.17) is 10.8 Å². The van der Waals surface area contributed by atoms with Crippen LogP contribution in [-0.2, 0) is 6.42 Å². The molecular weight excluding hydrogens is 314 g/mol. The number of nitrogens with two attached hydrogens (primary N) is 1. The maximum Gasteiger partial charge on any atom is 0.0805 e. The lowest BCUT2D eigenvalue weighted by molar-refractivity contribution is 1.06. The van der Waals surface area contributed by atoms with E-state index in [2.05, 4.69) is 46.5 Å². The first-order chi connectivity index (χ1) is 9.67. The lowest BCUT2D eigenvalue weighted by atomic mass is 10.0. The maximum absolute atomic E-state index is 5.76. The average molecular weight is 330 g/mol. The summed E-state index contributed by atoms with van der Waals surface area (Å²) in [7, 11) is 0. The second-order valence-corrected chi connectivity index (χ2v) is 5.70. The second-order valence-electron chi connectivity index (χ2n) is 4.85. The fourth-order valence-corrected chi connectivity index (χ4v) is 3.38. The van der Waals surface area contributed by atoms with Crippen LogP contribution < -0.4 is 11.3 Å². The number of halogens is 1. The van der Waals surface area contributed by atoms with Crippen LogP contribution in [0.3, 0.4) is 0 Å². The molecule has 0 aliphatic rings. The fraction of sp³-hybridized carbons (Fsp3) is 0.188. The third-order valence-electron chi connectivity index (χ3n) is 3.75. The number of fused-ring (bicyclic) bond motifs is 3. The van der Waals surface area contributed by atoms with Crippen LogP contribution in [0, 0.1) is 6.92 Å². The number of anilines is 1. The molecule has 3 nitrogen and oxygen atoms in total. The number of benzene rings is 2. The van der Waals surface area contributed by atoms with Crippen molar-refractivity contribution in [3.63, 3.8) is 0 Å². The smallest absolute Gasteiger partial charge is 0.0805 e. The number of pyridine rings is 1. The van der Waals surface area contributed by atoms with Gasteiger partial charge in [0.2, 0.25) is 0 Å². The molecule has 1 aromatic heterocycles. The molecule has 0 saturated carbocycles. The van der Waals surface area contributed by atoms with E-state index in [1.165, 1.54) is 10.9 Å². The summed E-state index contributed by atoms with van der Waals surface area (Å²) < 4.78 is 1.06. The molecule has 0 unspecified atom stereocenters. The van der Waals surface area contributed by atoms with E-state index >= 15 is 0 Å². The summed E-state index contributed by atoms with van der Waals surface area (Å²) in [6, 6.07) is 10.4. The first-order valence-electron chi connectivity index (χ1n) is 6.64. The van der Waals surface area contributed by atoms with Gasteiger partial charge in [-0.1, -0.05) is 47.1 Å². The molecule has 102 valence electrons. The van der Waals surface area contributed by atoms with Gasteiger partial charge in [-0.3, -0.25) is 10.8 Å². The molecule has 0 atom stereocenters. The average Bonchev–Trinajstić information content (AvgIpc) is 2.47. The van der Waals surface area contributed by atoms with Gasteiger partial charge in [0.15, 0.2) is 0 Å². The molecule has 2 aromatic carbocycles. The van der Waals surface area contributed by atoms with Gasteiger partial charge >= 0.3 is 0 Å². The van der Waals surface area contributed by atoms with Crippen molar-refractivity contribution in [2.24, 2.45) is 5.84 Å². The van der Waals surface area contributed by atoms with E-state index in [1.54, 1.807) is 0 Å². The lowest BCUT2D eigenvalue weighted by Crippen LogP contribution is -2.11. The summed E-state index contributed by atoms with van der Waals surface area (Å²) in [6.45, 7) is 4.16. The van der Waals surface area contributed by atoms with Gasteiger partial charge in [0.05, 0.1) is 11.2 Å². The molecule has 0 saturated heterocycles. The first-order valence-corrected chi connectivity index (χ1v) is 7.43. The number of hydrogen-bond donors (Lipinski definition) is 2. The molecule has 3 aromatic rings. The number of rotatable bonds is 2. The molecule has 0 fully saturated rings. The summed E-state index contributed by atoms with van der Waals surface area (Å²) in [6.07, 6.45) is 0.902. The monoisotopic (exact) mass is 329 g/mol. The molecule has 20 heavy (non-hydrogen) atoms. The van der Waals surface area contributed by atoms with Crippen LogP contribution in [0.5, 0.6) is 0 Å². The Bertz CT molecular complexity index is 812. The van der Waals surface area contributed by atoms with Gasteiger partial charge in [0, 0.05) is 20.9 Å². The molecule has 0 aliphatic heterocycles. The van der Waals surface area contributed by atoms with Gasteiger partial charge in [-0.05, 0) is 30.4 Å². The van der Waals surface area contributed by atoms with Crippen LogP contribution in [0.25, 0.3) is 21.7 Å². The number of hydrogen-bond acceptors (Lipinski definition) is 3. The molecule has 0 amide bonds. The van der Waals surface area contributed by atoms with Crippen molar-refractivity contribution in [1.29, 1.82) is 0 Å². The van der Waals surface area contributed by atoms with E-state index in [1.807, 2.05) is 19.1 Å². The van der Waals surface area contributed by atoms with Crippen molar-refractivity contribution in [3.05, 3.63) is 46.1 Å². The quantitative estimate of drug-likeness (QED) is 0.418. The van der Waals surface area contributed by atoms with E-state index in [-0.39, 0.29) is 0 Å². The van der Waals surface area contributed by atoms with Crippen LogP contribution in [0.15, 0.2) is 34.8 Å². The standard InChI is InChI=1S/C16H16BrN3/c1-3-10-9(2)19-15-12-7-5-4-6-11(12)14(17)8-13(15)16(10)20-18/h4-8H,3,18H2,1-2H3,(H,19,20). The van der Waals surface area contributed by atoms with Crippen LogP contribution in [0.2, 0.25) is 0 Å². The Hall–Kier alpha value is -1.65. The largest absolute Gasteiger partial charge is 0.323 e. The molecule has 3 N–H and O–H groups in total. The zero-order valence-electron chi connectivity index (χ0n) is 11.5. The Balaban J connectivity index is 2.57. The van der Waals surface area contributed by atoms with Crippen LogP contribution in [-0.4, -0.2) is 4.98 Å².